The lowest BCUT2D eigenvalue weighted by molar-refractivity contribution is -0.136. The van der Waals surface area contributed by atoms with Crippen LogP contribution in [-0.2, 0) is 4.79 Å². The minimum absolute atomic E-state index is 0.0938. The van der Waals surface area contributed by atoms with Gasteiger partial charge >= 0.3 is 5.97 Å². The van der Waals surface area contributed by atoms with Crippen molar-refractivity contribution in [1.82, 2.24) is 5.32 Å². The highest BCUT2D eigenvalue weighted by atomic mass is 16.4. The van der Waals surface area contributed by atoms with Crippen LogP contribution in [0.15, 0.2) is 65.1 Å². The number of carbonyl (C=O) groups excluding carboxylic acids is 1. The molecule has 1 saturated carbocycles. The van der Waals surface area contributed by atoms with Crippen molar-refractivity contribution in [3.8, 4) is 11.3 Å². The molecule has 1 atom stereocenters. The van der Waals surface area contributed by atoms with Crippen molar-refractivity contribution < 1.29 is 19.1 Å². The Morgan fingerprint density at radius 2 is 1.74 bits per heavy atom. The zero-order valence-corrected chi connectivity index (χ0v) is 19.5. The average molecular weight is 461 g/mol. The van der Waals surface area contributed by atoms with Crippen molar-refractivity contribution >= 4 is 17.6 Å². The molecule has 6 heteroatoms. The highest BCUT2D eigenvalue weighted by Gasteiger charge is 2.28. The molecular weight excluding hydrogens is 428 g/mol. The van der Waals surface area contributed by atoms with Gasteiger partial charge in [-0.05, 0) is 56.0 Å². The number of hydrogen-bond acceptors (Lipinski definition) is 4. The van der Waals surface area contributed by atoms with Gasteiger partial charge in [0, 0.05) is 28.9 Å². The van der Waals surface area contributed by atoms with Crippen LogP contribution in [0.25, 0.3) is 11.3 Å². The predicted octanol–water partition coefficient (Wildman–Crippen LogP) is 6.19. The largest absolute Gasteiger partial charge is 0.481 e. The van der Waals surface area contributed by atoms with Gasteiger partial charge in [-0.2, -0.15) is 0 Å². The Morgan fingerprint density at radius 1 is 1.03 bits per heavy atom. The number of carboxylic acids is 1. The zero-order chi connectivity index (χ0) is 23.9. The molecule has 3 aromatic rings. The fraction of sp³-hybridized carbons (Fsp3) is 0.357. The lowest BCUT2D eigenvalue weighted by Gasteiger charge is -2.31. The molecule has 1 heterocycles. The van der Waals surface area contributed by atoms with E-state index in [2.05, 4.69) is 28.8 Å². The molecule has 1 aliphatic carbocycles. The highest BCUT2D eigenvalue weighted by Crippen LogP contribution is 2.40. The monoisotopic (exact) mass is 460 g/mol. The van der Waals surface area contributed by atoms with Crippen molar-refractivity contribution in [2.24, 2.45) is 5.92 Å². The molecule has 6 nitrogen and oxygen atoms in total. The van der Waals surface area contributed by atoms with Crippen LogP contribution in [0.4, 0.5) is 5.69 Å². The minimum Gasteiger partial charge on any atom is -0.481 e. The van der Waals surface area contributed by atoms with Gasteiger partial charge in [0.2, 0.25) is 0 Å². The van der Waals surface area contributed by atoms with Gasteiger partial charge in [-0.1, -0.05) is 49.6 Å². The smallest absolute Gasteiger partial charge is 0.305 e. The Bertz CT molecular complexity index is 1100. The van der Waals surface area contributed by atoms with Crippen LogP contribution in [0.3, 0.4) is 0 Å². The summed E-state index contributed by atoms with van der Waals surface area (Å²) in [5.74, 6) is 1.11. The van der Waals surface area contributed by atoms with Crippen LogP contribution in [-0.4, -0.2) is 23.5 Å². The molecule has 0 aliphatic heterocycles. The first-order chi connectivity index (χ1) is 16.5. The molecule has 3 N–H and O–H groups in total. The van der Waals surface area contributed by atoms with Gasteiger partial charge in [-0.3, -0.25) is 9.59 Å². The average Bonchev–Trinajstić information content (AvgIpc) is 3.25. The van der Waals surface area contributed by atoms with E-state index in [4.69, 9.17) is 9.52 Å². The van der Waals surface area contributed by atoms with E-state index in [9.17, 15) is 9.59 Å². The Morgan fingerprint density at radius 3 is 2.41 bits per heavy atom. The van der Waals surface area contributed by atoms with Gasteiger partial charge < -0.3 is 20.2 Å². The number of benzene rings is 2. The Labute approximate surface area is 200 Å². The van der Waals surface area contributed by atoms with Crippen LogP contribution < -0.4 is 10.6 Å². The van der Waals surface area contributed by atoms with Crippen LogP contribution in [0, 0.1) is 12.8 Å². The number of furan rings is 1. The van der Waals surface area contributed by atoms with Crippen molar-refractivity contribution in [3.63, 3.8) is 0 Å². The molecule has 1 aromatic heterocycles. The molecule has 0 bridgehead atoms. The Kier molecular flexibility index (Phi) is 7.68. The van der Waals surface area contributed by atoms with Crippen LogP contribution >= 0.6 is 0 Å². The van der Waals surface area contributed by atoms with Crippen molar-refractivity contribution in [2.45, 2.75) is 51.5 Å². The maximum atomic E-state index is 12.3. The molecular formula is C28H32N2O4. The van der Waals surface area contributed by atoms with Crippen LogP contribution in [0.1, 0.15) is 66.2 Å². The molecule has 0 radical (unpaired) electrons. The lowest BCUT2D eigenvalue weighted by atomic mass is 9.81. The van der Waals surface area contributed by atoms with Crippen molar-refractivity contribution in [1.29, 1.82) is 0 Å². The zero-order valence-electron chi connectivity index (χ0n) is 19.5. The van der Waals surface area contributed by atoms with Gasteiger partial charge in [-0.15, -0.1) is 0 Å². The fourth-order valence-corrected chi connectivity index (χ4v) is 4.75. The third-order valence-corrected chi connectivity index (χ3v) is 6.56. The number of aliphatic carboxylic acids is 1. The maximum absolute atomic E-state index is 12.3. The summed E-state index contributed by atoms with van der Waals surface area (Å²) in [6, 6.07) is 19.8. The molecule has 178 valence electrons. The van der Waals surface area contributed by atoms with E-state index in [0.29, 0.717) is 11.5 Å². The summed E-state index contributed by atoms with van der Waals surface area (Å²) in [5.41, 5.74) is 3.70. The van der Waals surface area contributed by atoms with Gasteiger partial charge in [0.25, 0.3) is 5.91 Å². The molecule has 1 unspecified atom stereocenters. The summed E-state index contributed by atoms with van der Waals surface area (Å²) >= 11 is 0. The minimum atomic E-state index is -0.932. The number of carboxylic acid groups (broad SMARTS) is 1. The molecule has 34 heavy (non-hydrogen) atoms. The first-order valence-corrected chi connectivity index (χ1v) is 12.0. The summed E-state index contributed by atoms with van der Waals surface area (Å²) < 4.78 is 6.18. The molecule has 0 saturated heterocycles. The number of rotatable bonds is 9. The highest BCUT2D eigenvalue weighted by molar-refractivity contribution is 5.94. The van der Waals surface area contributed by atoms with Gasteiger partial charge in [0.15, 0.2) is 0 Å². The van der Waals surface area contributed by atoms with Gasteiger partial charge in [-0.25, -0.2) is 0 Å². The summed E-state index contributed by atoms with van der Waals surface area (Å²) in [4.78, 5) is 22.9. The van der Waals surface area contributed by atoms with E-state index in [0.717, 1.165) is 22.8 Å². The number of hydrogen-bond donors (Lipinski definition) is 3. The van der Waals surface area contributed by atoms with E-state index in [1.165, 1.54) is 37.7 Å². The van der Waals surface area contributed by atoms with E-state index in [1.807, 2.05) is 37.3 Å². The second-order valence-electron chi connectivity index (χ2n) is 8.99. The third-order valence-electron chi connectivity index (χ3n) is 6.56. The predicted molar refractivity (Wildman–Crippen MR) is 133 cm³/mol. The second kappa shape index (κ2) is 11.1. The third kappa shape index (κ3) is 5.87. The van der Waals surface area contributed by atoms with Gasteiger partial charge in [0.1, 0.15) is 11.5 Å². The lowest BCUT2D eigenvalue weighted by Crippen LogP contribution is -2.26. The standard InChI is InChI=1S/C28H32N2O4/c1-19-24(18-25(34-19)20-8-4-2-5-9-20)27(21-10-6-3-7-11-21)30-23-14-12-22(13-15-23)28(33)29-17-16-26(31)32/h2,4-5,8-9,12-15,18,21,27,30H,3,6-7,10-11,16-17H2,1H3,(H,29,33)(H,31,32). The van der Waals surface area contributed by atoms with Crippen LogP contribution in [0.2, 0.25) is 0 Å². The molecule has 4 rings (SSSR count). The molecule has 1 aliphatic rings. The fourth-order valence-electron chi connectivity index (χ4n) is 4.75. The molecule has 1 fully saturated rings. The molecule has 2 aromatic carbocycles. The summed E-state index contributed by atoms with van der Waals surface area (Å²) in [6.07, 6.45) is 6.01. The Hall–Kier alpha value is -3.54. The molecule has 0 spiro atoms. The normalized spacial score (nSPS) is 15.0. The van der Waals surface area contributed by atoms with E-state index >= 15 is 0 Å². The number of anilines is 1. The van der Waals surface area contributed by atoms with E-state index in [1.54, 1.807) is 12.1 Å². The van der Waals surface area contributed by atoms with Crippen molar-refractivity contribution in [3.05, 3.63) is 77.6 Å². The summed E-state index contributed by atoms with van der Waals surface area (Å²) in [6.45, 7) is 2.14. The Balaban J connectivity index is 1.53. The molecule has 1 amide bonds. The number of aryl methyl sites for hydroxylation is 1. The number of carbonyl (C=O) groups is 2. The first-order valence-electron chi connectivity index (χ1n) is 12.0. The SMILES string of the molecule is Cc1oc(-c2ccccc2)cc1C(Nc1ccc(C(=O)NCCC(=O)O)cc1)C1CCCCC1. The summed E-state index contributed by atoms with van der Waals surface area (Å²) in [5, 5.41) is 15.1. The van der Waals surface area contributed by atoms with Gasteiger partial charge in [0.05, 0.1) is 12.5 Å². The van der Waals surface area contributed by atoms with E-state index < -0.39 is 5.97 Å². The maximum Gasteiger partial charge on any atom is 0.305 e. The first kappa shape index (κ1) is 23.6. The number of nitrogens with one attached hydrogen (secondary N) is 2. The quantitative estimate of drug-likeness (QED) is 0.354. The van der Waals surface area contributed by atoms with Crippen LogP contribution in [0.5, 0.6) is 0 Å². The van der Waals surface area contributed by atoms with Crippen molar-refractivity contribution in [2.75, 3.05) is 11.9 Å². The summed E-state index contributed by atoms with van der Waals surface area (Å²) in [7, 11) is 0. The number of amides is 1. The second-order valence-corrected chi connectivity index (χ2v) is 8.99. The van der Waals surface area contributed by atoms with E-state index in [-0.39, 0.29) is 24.9 Å². The topological polar surface area (TPSA) is 91.6 Å².